The molecule has 6 heteroatoms. The van der Waals surface area contributed by atoms with Crippen LogP contribution in [0.2, 0.25) is 0 Å². The Labute approximate surface area is 200 Å². The first kappa shape index (κ1) is 24.9. The predicted octanol–water partition coefficient (Wildman–Crippen LogP) is 5.64. The van der Waals surface area contributed by atoms with Gasteiger partial charge in [-0.25, -0.2) is 4.79 Å². The maximum atomic E-state index is 12.6. The molecule has 3 aromatic rings. The molecule has 5 nitrogen and oxygen atoms in total. The Kier molecular flexibility index (Phi) is 9.03. The van der Waals surface area contributed by atoms with Crippen molar-refractivity contribution in [2.45, 2.75) is 58.8 Å². The van der Waals surface area contributed by atoms with Crippen molar-refractivity contribution in [1.29, 1.82) is 0 Å². The van der Waals surface area contributed by atoms with Crippen LogP contribution in [-0.2, 0) is 24.2 Å². The Hall–Kier alpha value is -2.70. The summed E-state index contributed by atoms with van der Waals surface area (Å²) in [4.78, 5) is 17.4. The van der Waals surface area contributed by atoms with Crippen molar-refractivity contribution >= 4 is 17.4 Å². The lowest BCUT2D eigenvalue weighted by molar-refractivity contribution is 0.0648. The van der Waals surface area contributed by atoms with Gasteiger partial charge in [0, 0.05) is 6.20 Å². The highest BCUT2D eigenvalue weighted by molar-refractivity contribution is 7.09. The van der Waals surface area contributed by atoms with Crippen LogP contribution < -0.4 is 5.32 Å². The molecule has 0 aliphatic heterocycles. The summed E-state index contributed by atoms with van der Waals surface area (Å²) >= 11 is 1.44. The van der Waals surface area contributed by atoms with Gasteiger partial charge in [-0.1, -0.05) is 81.4 Å². The first-order valence-corrected chi connectivity index (χ1v) is 12.3. The van der Waals surface area contributed by atoms with Crippen molar-refractivity contribution in [2.75, 3.05) is 0 Å². The number of thiazole rings is 1. The van der Waals surface area contributed by atoms with Gasteiger partial charge in [-0.05, 0) is 41.7 Å². The van der Waals surface area contributed by atoms with Gasteiger partial charge in [0.2, 0.25) is 0 Å². The third kappa shape index (κ3) is 8.30. The third-order valence-electron chi connectivity index (χ3n) is 5.97. The number of aliphatic hydroxyl groups excluding tert-OH is 1. The molecule has 0 radical (unpaired) electrons. The minimum Gasteiger partial charge on any atom is -0.444 e. The minimum atomic E-state index is -0.714. The van der Waals surface area contributed by atoms with E-state index in [1.807, 2.05) is 48.5 Å². The van der Waals surface area contributed by atoms with E-state index in [1.165, 1.54) is 16.9 Å². The molecule has 33 heavy (non-hydrogen) atoms. The summed E-state index contributed by atoms with van der Waals surface area (Å²) in [6, 6.07) is 19.8. The van der Waals surface area contributed by atoms with Crippen LogP contribution in [0.1, 0.15) is 43.2 Å². The number of benzene rings is 2. The summed E-state index contributed by atoms with van der Waals surface area (Å²) in [6.07, 6.45) is 2.42. The van der Waals surface area contributed by atoms with Gasteiger partial charge in [-0.2, -0.15) is 0 Å². The van der Waals surface area contributed by atoms with Crippen LogP contribution in [0.15, 0.2) is 72.4 Å². The molecule has 176 valence electrons. The Morgan fingerprint density at radius 1 is 1.03 bits per heavy atom. The average Bonchev–Trinajstić information content (AvgIpc) is 3.31. The standard InChI is InChI=1S/C27H34N2O3S/c1-27(2,3)22(14-20-10-6-4-7-11-20)16-25(30)24(15-21-12-8-5-9-13-21)29-26(31)32-18-23-17-28-19-33-23/h4-13,17,19,22,24-25,30H,14-16,18H2,1-3H3,(H,29,31). The van der Waals surface area contributed by atoms with Crippen LogP contribution in [0, 0.1) is 11.3 Å². The van der Waals surface area contributed by atoms with Crippen molar-refractivity contribution in [3.05, 3.63) is 88.4 Å². The highest BCUT2D eigenvalue weighted by Crippen LogP contribution is 2.33. The zero-order chi connectivity index (χ0) is 23.7. The molecule has 3 unspecified atom stereocenters. The molecule has 0 bridgehead atoms. The summed E-state index contributed by atoms with van der Waals surface area (Å²) in [5.41, 5.74) is 4.01. The molecule has 0 spiro atoms. The van der Waals surface area contributed by atoms with Gasteiger partial charge in [0.05, 0.1) is 22.5 Å². The molecule has 1 aromatic heterocycles. The van der Waals surface area contributed by atoms with Crippen LogP contribution >= 0.6 is 11.3 Å². The van der Waals surface area contributed by atoms with Gasteiger partial charge in [-0.3, -0.25) is 4.98 Å². The molecule has 0 aliphatic rings. The maximum absolute atomic E-state index is 12.6. The van der Waals surface area contributed by atoms with Crippen molar-refractivity contribution in [3.8, 4) is 0 Å². The molecule has 0 aliphatic carbocycles. The third-order valence-corrected chi connectivity index (χ3v) is 6.72. The van der Waals surface area contributed by atoms with Crippen LogP contribution in [0.5, 0.6) is 0 Å². The lowest BCUT2D eigenvalue weighted by Crippen LogP contribution is -2.46. The lowest BCUT2D eigenvalue weighted by Gasteiger charge is -2.35. The Morgan fingerprint density at radius 2 is 1.64 bits per heavy atom. The fourth-order valence-corrected chi connectivity index (χ4v) is 4.40. The molecule has 3 atom stereocenters. The van der Waals surface area contributed by atoms with E-state index < -0.39 is 18.2 Å². The molecule has 3 rings (SSSR count). The molecule has 0 saturated carbocycles. The number of ether oxygens (including phenoxy) is 1. The number of aromatic nitrogens is 1. The number of hydrogen-bond donors (Lipinski definition) is 2. The van der Waals surface area contributed by atoms with Crippen molar-refractivity contribution in [1.82, 2.24) is 10.3 Å². The molecule has 0 saturated heterocycles. The largest absolute Gasteiger partial charge is 0.444 e. The summed E-state index contributed by atoms with van der Waals surface area (Å²) in [7, 11) is 0. The van der Waals surface area contributed by atoms with E-state index in [0.29, 0.717) is 12.8 Å². The number of rotatable bonds is 10. The SMILES string of the molecule is CC(C)(C)C(Cc1ccccc1)CC(O)C(Cc1ccccc1)NC(=O)OCc1cncs1. The second-order valence-electron chi connectivity index (χ2n) is 9.54. The zero-order valence-electron chi connectivity index (χ0n) is 19.6. The fraction of sp³-hybridized carbons (Fsp3) is 0.407. The number of hydrogen-bond acceptors (Lipinski definition) is 5. The second-order valence-corrected chi connectivity index (χ2v) is 10.5. The molecular weight excluding hydrogens is 432 g/mol. The Balaban J connectivity index is 1.70. The van der Waals surface area contributed by atoms with E-state index in [2.05, 4.69) is 43.2 Å². The van der Waals surface area contributed by atoms with Gasteiger partial charge in [0.15, 0.2) is 0 Å². The molecule has 0 fully saturated rings. The van der Waals surface area contributed by atoms with E-state index in [9.17, 15) is 9.90 Å². The first-order valence-electron chi connectivity index (χ1n) is 11.4. The Morgan fingerprint density at radius 3 is 2.18 bits per heavy atom. The van der Waals surface area contributed by atoms with E-state index in [-0.39, 0.29) is 17.9 Å². The molecule has 2 aromatic carbocycles. The summed E-state index contributed by atoms with van der Waals surface area (Å²) in [6.45, 7) is 6.78. The highest BCUT2D eigenvalue weighted by atomic mass is 32.1. The van der Waals surface area contributed by atoms with E-state index >= 15 is 0 Å². The van der Waals surface area contributed by atoms with Gasteiger partial charge >= 0.3 is 6.09 Å². The van der Waals surface area contributed by atoms with Crippen molar-refractivity contribution in [3.63, 3.8) is 0 Å². The number of nitrogens with one attached hydrogen (secondary N) is 1. The number of carbonyl (C=O) groups is 1. The maximum Gasteiger partial charge on any atom is 0.407 e. The molecule has 1 amide bonds. The van der Waals surface area contributed by atoms with Crippen LogP contribution in [0.4, 0.5) is 4.79 Å². The van der Waals surface area contributed by atoms with E-state index in [4.69, 9.17) is 4.74 Å². The molecular formula is C27H34N2O3S. The van der Waals surface area contributed by atoms with Crippen molar-refractivity contribution < 1.29 is 14.6 Å². The number of aliphatic hydroxyl groups is 1. The summed E-state index contributed by atoms with van der Waals surface area (Å²) in [5.74, 6) is 0.239. The monoisotopic (exact) mass is 466 g/mol. The first-order chi connectivity index (χ1) is 15.8. The number of nitrogens with zero attached hydrogens (tertiary/aromatic N) is 1. The van der Waals surface area contributed by atoms with Crippen LogP contribution in [0.3, 0.4) is 0 Å². The fourth-order valence-electron chi connectivity index (χ4n) is 3.89. The van der Waals surface area contributed by atoms with Crippen molar-refractivity contribution in [2.24, 2.45) is 11.3 Å². The molecule has 2 N–H and O–H groups in total. The molecule has 1 heterocycles. The minimum absolute atomic E-state index is 0.000792. The zero-order valence-corrected chi connectivity index (χ0v) is 20.4. The second kappa shape index (κ2) is 12.0. The lowest BCUT2D eigenvalue weighted by atomic mass is 9.73. The number of alkyl carbamates (subject to hydrolysis) is 1. The van der Waals surface area contributed by atoms with Gasteiger partial charge < -0.3 is 15.2 Å². The van der Waals surface area contributed by atoms with Gasteiger partial charge in [-0.15, -0.1) is 11.3 Å². The van der Waals surface area contributed by atoms with Crippen LogP contribution in [-0.4, -0.2) is 28.3 Å². The summed E-state index contributed by atoms with van der Waals surface area (Å²) < 4.78 is 5.38. The smallest absolute Gasteiger partial charge is 0.407 e. The highest BCUT2D eigenvalue weighted by Gasteiger charge is 2.31. The number of amides is 1. The van der Waals surface area contributed by atoms with Crippen LogP contribution in [0.25, 0.3) is 0 Å². The average molecular weight is 467 g/mol. The Bertz CT molecular complexity index is 956. The van der Waals surface area contributed by atoms with E-state index in [1.54, 1.807) is 11.7 Å². The normalized spacial score (nSPS) is 14.3. The van der Waals surface area contributed by atoms with Gasteiger partial charge in [0.25, 0.3) is 0 Å². The van der Waals surface area contributed by atoms with E-state index in [0.717, 1.165) is 16.9 Å². The quantitative estimate of drug-likeness (QED) is 0.406. The number of carbonyl (C=O) groups excluding carboxylic acids is 1. The predicted molar refractivity (Wildman–Crippen MR) is 133 cm³/mol. The summed E-state index contributed by atoms with van der Waals surface area (Å²) in [5, 5.41) is 14.2. The topological polar surface area (TPSA) is 71.5 Å². The van der Waals surface area contributed by atoms with Gasteiger partial charge in [0.1, 0.15) is 6.61 Å².